The average Bonchev–Trinajstić information content (AvgIpc) is 3.14. The van der Waals surface area contributed by atoms with Crippen molar-refractivity contribution in [3.05, 3.63) is 65.2 Å². The van der Waals surface area contributed by atoms with Crippen LogP contribution >= 0.6 is 23.4 Å². The second kappa shape index (κ2) is 9.52. The van der Waals surface area contributed by atoms with E-state index in [2.05, 4.69) is 20.7 Å². The lowest BCUT2D eigenvalue weighted by atomic mass is 10.1. The Bertz CT molecular complexity index is 970. The molecular weight excluding hydrogens is 394 g/mol. The van der Waals surface area contributed by atoms with Crippen molar-refractivity contribution in [3.63, 3.8) is 0 Å². The minimum absolute atomic E-state index is 0.195. The van der Waals surface area contributed by atoms with Crippen LogP contribution in [0.15, 0.2) is 64.9 Å². The molecular formula is C20H20ClN5OS. The Labute approximate surface area is 173 Å². The van der Waals surface area contributed by atoms with Gasteiger partial charge in [-0.2, -0.15) is 5.10 Å². The topological polar surface area (TPSA) is 72.2 Å². The molecule has 3 rings (SSSR count). The second-order valence-corrected chi connectivity index (χ2v) is 7.32. The Balaban J connectivity index is 1.63. The predicted octanol–water partition coefficient (Wildman–Crippen LogP) is 4.25. The maximum absolute atomic E-state index is 12.2. The lowest BCUT2D eigenvalue weighted by Crippen LogP contribution is -2.21. The van der Waals surface area contributed by atoms with Gasteiger partial charge in [0.25, 0.3) is 5.91 Å². The summed E-state index contributed by atoms with van der Waals surface area (Å²) in [5.74, 6) is 0.753. The van der Waals surface area contributed by atoms with Crippen molar-refractivity contribution in [2.45, 2.75) is 25.5 Å². The van der Waals surface area contributed by atoms with Crippen molar-refractivity contribution in [1.29, 1.82) is 0 Å². The van der Waals surface area contributed by atoms with Crippen LogP contribution in [0.5, 0.6) is 0 Å². The van der Waals surface area contributed by atoms with Gasteiger partial charge in [-0.15, -0.1) is 10.2 Å². The van der Waals surface area contributed by atoms with Gasteiger partial charge in [-0.1, -0.05) is 53.7 Å². The van der Waals surface area contributed by atoms with Crippen LogP contribution in [0.2, 0.25) is 5.02 Å². The summed E-state index contributed by atoms with van der Waals surface area (Å²) in [6.07, 6.45) is 0. The van der Waals surface area contributed by atoms with Crippen molar-refractivity contribution in [2.24, 2.45) is 5.10 Å². The number of carbonyl (C=O) groups excluding carboxylic acids is 1. The molecule has 1 heterocycles. The number of halogens is 1. The molecule has 3 aromatic rings. The fourth-order valence-corrected chi connectivity index (χ4v) is 3.47. The van der Waals surface area contributed by atoms with E-state index >= 15 is 0 Å². The van der Waals surface area contributed by atoms with E-state index in [0.29, 0.717) is 16.7 Å². The third kappa shape index (κ3) is 4.99. The van der Waals surface area contributed by atoms with Gasteiger partial charge in [-0.05, 0) is 43.7 Å². The SMILES string of the molecule is CCn1c(SCC(=O)N/N=C(\C)c2ccccc2)nnc1-c1ccc(Cl)cc1. The number of hydrazone groups is 1. The number of carbonyl (C=O) groups is 1. The zero-order valence-corrected chi connectivity index (χ0v) is 17.2. The average molecular weight is 414 g/mol. The van der Waals surface area contributed by atoms with Gasteiger partial charge in [0.05, 0.1) is 11.5 Å². The zero-order chi connectivity index (χ0) is 19.9. The summed E-state index contributed by atoms with van der Waals surface area (Å²) in [6.45, 7) is 4.56. The molecule has 6 nitrogen and oxygen atoms in total. The molecule has 0 radical (unpaired) electrons. The minimum atomic E-state index is -0.195. The van der Waals surface area contributed by atoms with Crippen LogP contribution in [0.4, 0.5) is 0 Å². The van der Waals surface area contributed by atoms with Crippen molar-refractivity contribution >= 4 is 35.0 Å². The normalized spacial score (nSPS) is 11.5. The minimum Gasteiger partial charge on any atom is -0.302 e. The number of aromatic nitrogens is 3. The molecule has 0 bridgehead atoms. The summed E-state index contributed by atoms with van der Waals surface area (Å²) in [5.41, 5.74) is 5.24. The van der Waals surface area contributed by atoms with Crippen LogP contribution in [0.1, 0.15) is 19.4 Å². The number of hydrogen-bond donors (Lipinski definition) is 1. The van der Waals surface area contributed by atoms with Gasteiger partial charge in [-0.25, -0.2) is 5.43 Å². The number of nitrogens with zero attached hydrogens (tertiary/aromatic N) is 4. The van der Waals surface area contributed by atoms with Crippen molar-refractivity contribution in [1.82, 2.24) is 20.2 Å². The fourth-order valence-electron chi connectivity index (χ4n) is 2.55. The largest absolute Gasteiger partial charge is 0.302 e. The summed E-state index contributed by atoms with van der Waals surface area (Å²) in [7, 11) is 0. The highest BCUT2D eigenvalue weighted by molar-refractivity contribution is 7.99. The highest BCUT2D eigenvalue weighted by atomic mass is 35.5. The summed E-state index contributed by atoms with van der Waals surface area (Å²) in [4.78, 5) is 12.2. The van der Waals surface area contributed by atoms with Crippen LogP contribution in [0.3, 0.4) is 0 Å². The Morgan fingerprint density at radius 1 is 1.14 bits per heavy atom. The van der Waals surface area contributed by atoms with Gasteiger partial charge in [-0.3, -0.25) is 4.79 Å². The van der Waals surface area contributed by atoms with Crippen molar-refractivity contribution in [3.8, 4) is 11.4 Å². The third-order valence-corrected chi connectivity index (χ3v) is 5.23. The molecule has 144 valence electrons. The quantitative estimate of drug-likeness (QED) is 0.357. The highest BCUT2D eigenvalue weighted by Crippen LogP contribution is 2.25. The van der Waals surface area contributed by atoms with E-state index in [0.717, 1.165) is 22.7 Å². The maximum atomic E-state index is 12.2. The Morgan fingerprint density at radius 3 is 2.54 bits per heavy atom. The van der Waals surface area contributed by atoms with Gasteiger partial charge < -0.3 is 4.57 Å². The van der Waals surface area contributed by atoms with Crippen LogP contribution in [0, 0.1) is 0 Å². The molecule has 8 heteroatoms. The van der Waals surface area contributed by atoms with Gasteiger partial charge in [0.15, 0.2) is 11.0 Å². The van der Waals surface area contributed by atoms with E-state index in [1.165, 1.54) is 11.8 Å². The summed E-state index contributed by atoms with van der Waals surface area (Å²) in [6, 6.07) is 17.1. The molecule has 1 aromatic heterocycles. The van der Waals surface area contributed by atoms with Crippen LogP contribution in [0.25, 0.3) is 11.4 Å². The lowest BCUT2D eigenvalue weighted by Gasteiger charge is -2.07. The Hall–Kier alpha value is -2.64. The molecule has 0 saturated heterocycles. The predicted molar refractivity (Wildman–Crippen MR) is 114 cm³/mol. The van der Waals surface area contributed by atoms with E-state index in [1.54, 1.807) is 0 Å². The van der Waals surface area contributed by atoms with Crippen molar-refractivity contribution in [2.75, 3.05) is 5.75 Å². The van der Waals surface area contributed by atoms with Gasteiger partial charge in [0.2, 0.25) is 0 Å². The highest BCUT2D eigenvalue weighted by Gasteiger charge is 2.14. The fraction of sp³-hybridized carbons (Fsp3) is 0.200. The van der Waals surface area contributed by atoms with Crippen molar-refractivity contribution < 1.29 is 4.79 Å². The number of thioether (sulfide) groups is 1. The molecule has 0 saturated carbocycles. The van der Waals surface area contributed by atoms with E-state index in [-0.39, 0.29) is 11.7 Å². The first-order valence-electron chi connectivity index (χ1n) is 8.79. The molecule has 28 heavy (non-hydrogen) atoms. The smallest absolute Gasteiger partial charge is 0.250 e. The van der Waals surface area contributed by atoms with Crippen LogP contribution in [-0.2, 0) is 11.3 Å². The molecule has 2 aromatic carbocycles. The first-order chi connectivity index (χ1) is 13.6. The van der Waals surface area contributed by atoms with Gasteiger partial charge in [0, 0.05) is 17.1 Å². The van der Waals surface area contributed by atoms with Crippen LogP contribution < -0.4 is 5.43 Å². The molecule has 1 amide bonds. The summed E-state index contributed by atoms with van der Waals surface area (Å²) in [5, 5.41) is 14.0. The van der Waals surface area contributed by atoms with E-state index in [9.17, 15) is 4.79 Å². The lowest BCUT2D eigenvalue weighted by molar-refractivity contribution is -0.118. The first-order valence-corrected chi connectivity index (χ1v) is 10.2. The summed E-state index contributed by atoms with van der Waals surface area (Å²) >= 11 is 7.28. The Kier molecular flexibility index (Phi) is 6.84. The van der Waals surface area contributed by atoms with E-state index in [1.807, 2.05) is 73.0 Å². The Morgan fingerprint density at radius 2 is 1.86 bits per heavy atom. The first kappa shape index (κ1) is 20.1. The molecule has 1 N–H and O–H groups in total. The molecule has 0 aliphatic rings. The second-order valence-electron chi connectivity index (χ2n) is 5.94. The monoisotopic (exact) mass is 413 g/mol. The number of hydrogen-bond acceptors (Lipinski definition) is 5. The van der Waals surface area contributed by atoms with E-state index in [4.69, 9.17) is 11.6 Å². The third-order valence-electron chi connectivity index (χ3n) is 4.01. The zero-order valence-electron chi connectivity index (χ0n) is 15.6. The maximum Gasteiger partial charge on any atom is 0.250 e. The molecule has 0 unspecified atom stereocenters. The molecule has 0 aliphatic carbocycles. The summed E-state index contributed by atoms with van der Waals surface area (Å²) < 4.78 is 1.97. The van der Waals surface area contributed by atoms with Gasteiger partial charge >= 0.3 is 0 Å². The van der Waals surface area contributed by atoms with Gasteiger partial charge in [0.1, 0.15) is 0 Å². The van der Waals surface area contributed by atoms with Crippen LogP contribution in [-0.4, -0.2) is 32.1 Å². The standard InChI is InChI=1S/C20H20ClN5OS/c1-3-26-19(16-9-11-17(21)12-10-16)24-25-20(26)28-13-18(27)23-22-14(2)15-7-5-4-6-8-15/h4-12H,3,13H2,1-2H3,(H,23,27)/b22-14+. The number of benzene rings is 2. The number of nitrogens with one attached hydrogen (secondary N) is 1. The molecule has 0 fully saturated rings. The van der Waals surface area contributed by atoms with E-state index < -0.39 is 0 Å². The number of rotatable bonds is 7. The molecule has 0 spiro atoms. The number of amides is 1. The molecule has 0 aliphatic heterocycles. The molecule has 0 atom stereocenters.